The molecule has 1 radical (unpaired) electrons. The summed E-state index contributed by atoms with van der Waals surface area (Å²) in [6.07, 6.45) is 1.77. The Hall–Kier alpha value is -1.02. The van der Waals surface area contributed by atoms with Gasteiger partial charge in [-0.3, -0.25) is 0 Å². The summed E-state index contributed by atoms with van der Waals surface area (Å²) in [4.78, 5) is 2.30. The maximum Gasteiger partial charge on any atom is 0.0823 e. The average molecular weight is 192 g/mol. The lowest BCUT2D eigenvalue weighted by molar-refractivity contribution is 0.187. The number of unbranched alkanes of at least 4 members (excludes halogenated alkanes) is 1. The van der Waals surface area contributed by atoms with E-state index in [1.807, 2.05) is 18.2 Å². The summed E-state index contributed by atoms with van der Waals surface area (Å²) < 4.78 is 0. The third-order valence-electron chi connectivity index (χ3n) is 2.33. The lowest BCUT2D eigenvalue weighted by Crippen LogP contribution is -2.23. The molecule has 0 atom stereocenters. The first kappa shape index (κ1) is 11.1. The summed E-state index contributed by atoms with van der Waals surface area (Å²) in [6.45, 7) is 4.18. The second-order valence-corrected chi connectivity index (χ2v) is 3.33. The highest BCUT2D eigenvalue weighted by Crippen LogP contribution is 2.13. The molecule has 1 rings (SSSR count). The number of nitrogens with zero attached hydrogens (tertiary/aromatic N) is 1. The van der Waals surface area contributed by atoms with Gasteiger partial charge in [0.15, 0.2) is 0 Å². The highest BCUT2D eigenvalue weighted by atomic mass is 16.2. The first-order valence-corrected chi connectivity index (χ1v) is 5.26. The topological polar surface area (TPSA) is 23.1 Å². The fraction of sp³-hybridized carbons (Fsp3) is 0.500. The zero-order chi connectivity index (χ0) is 10.2. The number of hydrogen-bond donors (Lipinski definition) is 0. The van der Waals surface area contributed by atoms with Gasteiger partial charge in [0.1, 0.15) is 0 Å². The van der Waals surface area contributed by atoms with Gasteiger partial charge in [-0.1, -0.05) is 18.2 Å². The Morgan fingerprint density at radius 2 is 1.86 bits per heavy atom. The Bertz CT molecular complexity index is 235. The standard InChI is InChI=1S/C12H18NO/c1-2-13(10-6-7-11-14)12-8-4-3-5-9-12/h3-5,8-9H,2,6-7,10-11H2,1H3. The molecule has 0 saturated carbocycles. The fourth-order valence-electron chi connectivity index (χ4n) is 1.51. The van der Waals surface area contributed by atoms with E-state index in [1.165, 1.54) is 5.69 Å². The molecule has 77 valence electrons. The molecule has 0 aliphatic carbocycles. The molecule has 0 fully saturated rings. The number of hydrogen-bond acceptors (Lipinski definition) is 1. The van der Waals surface area contributed by atoms with Gasteiger partial charge >= 0.3 is 0 Å². The van der Waals surface area contributed by atoms with E-state index in [-0.39, 0.29) is 6.61 Å². The zero-order valence-corrected chi connectivity index (χ0v) is 8.78. The molecule has 14 heavy (non-hydrogen) atoms. The molecule has 0 amide bonds. The predicted molar refractivity (Wildman–Crippen MR) is 59.1 cm³/mol. The number of para-hydroxylation sites is 1. The molecule has 0 unspecified atom stereocenters. The van der Waals surface area contributed by atoms with Gasteiger partial charge in [0, 0.05) is 18.8 Å². The van der Waals surface area contributed by atoms with Crippen LogP contribution in [0.1, 0.15) is 19.8 Å². The van der Waals surface area contributed by atoms with Crippen molar-refractivity contribution in [2.75, 3.05) is 24.6 Å². The van der Waals surface area contributed by atoms with Crippen molar-refractivity contribution in [3.63, 3.8) is 0 Å². The van der Waals surface area contributed by atoms with E-state index >= 15 is 0 Å². The van der Waals surface area contributed by atoms with Crippen molar-refractivity contribution in [2.24, 2.45) is 0 Å². The Labute approximate surface area is 86.2 Å². The molecule has 0 bridgehead atoms. The molecule has 0 heterocycles. The van der Waals surface area contributed by atoms with Crippen LogP contribution in [0.3, 0.4) is 0 Å². The minimum absolute atomic E-state index is 0.0480. The van der Waals surface area contributed by atoms with Crippen molar-refractivity contribution in [2.45, 2.75) is 19.8 Å². The molecular formula is C12H18NO. The number of anilines is 1. The van der Waals surface area contributed by atoms with Gasteiger partial charge in [0.2, 0.25) is 0 Å². The quantitative estimate of drug-likeness (QED) is 0.635. The van der Waals surface area contributed by atoms with Crippen LogP contribution in [0.4, 0.5) is 5.69 Å². The largest absolute Gasteiger partial charge is 0.372 e. The molecule has 0 N–H and O–H groups in total. The van der Waals surface area contributed by atoms with Crippen molar-refractivity contribution in [1.82, 2.24) is 0 Å². The summed E-state index contributed by atoms with van der Waals surface area (Å²) in [5.41, 5.74) is 1.25. The Morgan fingerprint density at radius 1 is 1.14 bits per heavy atom. The van der Waals surface area contributed by atoms with Gasteiger partial charge in [0.05, 0.1) is 6.61 Å². The van der Waals surface area contributed by atoms with E-state index in [2.05, 4.69) is 24.0 Å². The smallest absolute Gasteiger partial charge is 0.0823 e. The summed E-state index contributed by atoms with van der Waals surface area (Å²) in [6, 6.07) is 10.3. The molecule has 0 aromatic heterocycles. The zero-order valence-electron chi connectivity index (χ0n) is 8.78. The van der Waals surface area contributed by atoms with E-state index in [1.54, 1.807) is 0 Å². The van der Waals surface area contributed by atoms with E-state index in [0.717, 1.165) is 25.9 Å². The van der Waals surface area contributed by atoms with Crippen LogP contribution in [0, 0.1) is 0 Å². The number of rotatable bonds is 6. The lowest BCUT2D eigenvalue weighted by atomic mass is 10.2. The minimum Gasteiger partial charge on any atom is -0.372 e. The summed E-state index contributed by atoms with van der Waals surface area (Å²) in [5, 5.41) is 10.3. The maximum absolute atomic E-state index is 10.3. The molecule has 1 aromatic carbocycles. The van der Waals surface area contributed by atoms with Gasteiger partial charge in [-0.05, 0) is 31.9 Å². The summed E-state index contributed by atoms with van der Waals surface area (Å²) in [7, 11) is 0. The normalized spacial score (nSPS) is 10.1. The fourth-order valence-corrected chi connectivity index (χ4v) is 1.51. The van der Waals surface area contributed by atoms with Crippen LogP contribution in [0.5, 0.6) is 0 Å². The van der Waals surface area contributed by atoms with E-state index in [4.69, 9.17) is 0 Å². The second-order valence-electron chi connectivity index (χ2n) is 3.33. The molecular weight excluding hydrogens is 174 g/mol. The van der Waals surface area contributed by atoms with Gasteiger partial charge in [0.25, 0.3) is 0 Å². The van der Waals surface area contributed by atoms with Crippen LogP contribution < -0.4 is 4.90 Å². The van der Waals surface area contributed by atoms with Crippen molar-refractivity contribution in [3.8, 4) is 0 Å². The van der Waals surface area contributed by atoms with E-state index < -0.39 is 0 Å². The van der Waals surface area contributed by atoms with Crippen LogP contribution in [0.2, 0.25) is 0 Å². The Balaban J connectivity index is 2.46. The van der Waals surface area contributed by atoms with Crippen LogP contribution in [0.15, 0.2) is 30.3 Å². The van der Waals surface area contributed by atoms with E-state index in [0.29, 0.717) is 0 Å². The highest BCUT2D eigenvalue weighted by Gasteiger charge is 2.01. The third kappa shape index (κ3) is 3.38. The number of benzene rings is 1. The van der Waals surface area contributed by atoms with Crippen LogP contribution in [0.25, 0.3) is 0 Å². The molecule has 0 aliphatic heterocycles. The lowest BCUT2D eigenvalue weighted by Gasteiger charge is -2.22. The molecule has 1 aromatic rings. The second kappa shape index (κ2) is 6.44. The van der Waals surface area contributed by atoms with Gasteiger partial charge < -0.3 is 4.90 Å². The van der Waals surface area contributed by atoms with Crippen LogP contribution >= 0.6 is 0 Å². The monoisotopic (exact) mass is 192 g/mol. The molecule has 0 aliphatic rings. The van der Waals surface area contributed by atoms with Crippen molar-refractivity contribution in [3.05, 3.63) is 30.3 Å². The first-order chi connectivity index (χ1) is 6.88. The van der Waals surface area contributed by atoms with Crippen LogP contribution in [-0.2, 0) is 5.11 Å². The van der Waals surface area contributed by atoms with Crippen molar-refractivity contribution >= 4 is 5.69 Å². The van der Waals surface area contributed by atoms with Gasteiger partial charge in [-0.25, -0.2) is 5.11 Å². The first-order valence-electron chi connectivity index (χ1n) is 5.26. The minimum atomic E-state index is 0.0480. The summed E-state index contributed by atoms with van der Waals surface area (Å²) >= 11 is 0. The predicted octanol–water partition coefficient (Wildman–Crippen LogP) is 2.72. The molecule has 0 spiro atoms. The highest BCUT2D eigenvalue weighted by molar-refractivity contribution is 5.45. The van der Waals surface area contributed by atoms with Crippen molar-refractivity contribution in [1.29, 1.82) is 0 Å². The van der Waals surface area contributed by atoms with E-state index in [9.17, 15) is 5.11 Å². The van der Waals surface area contributed by atoms with Gasteiger partial charge in [-0.2, -0.15) is 0 Å². The maximum atomic E-state index is 10.3. The summed E-state index contributed by atoms with van der Waals surface area (Å²) in [5.74, 6) is 0. The third-order valence-corrected chi connectivity index (χ3v) is 2.33. The molecule has 2 nitrogen and oxygen atoms in total. The van der Waals surface area contributed by atoms with Crippen molar-refractivity contribution < 1.29 is 5.11 Å². The molecule has 2 heteroatoms. The Kier molecular flexibility index (Phi) is 5.08. The SMILES string of the molecule is CCN(CCCC[O])c1ccccc1. The molecule has 0 saturated heterocycles. The average Bonchev–Trinajstić information content (AvgIpc) is 2.26. The van der Waals surface area contributed by atoms with Crippen LogP contribution in [-0.4, -0.2) is 19.7 Å². The van der Waals surface area contributed by atoms with Gasteiger partial charge in [-0.15, -0.1) is 0 Å². The Morgan fingerprint density at radius 3 is 2.43 bits per heavy atom.